The number of nitro benzene ring substituents is 1. The lowest BCUT2D eigenvalue weighted by Gasteiger charge is -2.18. The second kappa shape index (κ2) is 9.27. The van der Waals surface area contributed by atoms with E-state index in [0.29, 0.717) is 5.69 Å². The summed E-state index contributed by atoms with van der Waals surface area (Å²) in [4.78, 5) is 40.2. The summed E-state index contributed by atoms with van der Waals surface area (Å²) in [5.74, 6) is -1.53. The molecule has 0 saturated heterocycles. The van der Waals surface area contributed by atoms with Gasteiger partial charge in [-0.05, 0) is 26.3 Å². The normalized spacial score (nSPS) is 10.4. The Morgan fingerprint density at radius 1 is 1.14 bits per heavy atom. The zero-order valence-corrected chi connectivity index (χ0v) is 16.4. The molecule has 0 aliphatic carbocycles. The molecule has 9 heteroatoms. The molecule has 0 atom stereocenters. The molecule has 1 heterocycles. The minimum absolute atomic E-state index is 0.00833. The molecule has 0 radical (unpaired) electrons. The van der Waals surface area contributed by atoms with Crippen LogP contribution in [-0.4, -0.2) is 35.1 Å². The van der Waals surface area contributed by atoms with Crippen molar-refractivity contribution in [3.05, 3.63) is 56.9 Å². The van der Waals surface area contributed by atoms with Crippen LogP contribution >= 0.6 is 11.6 Å². The third-order valence-corrected chi connectivity index (χ3v) is 4.14. The predicted molar refractivity (Wildman–Crippen MR) is 103 cm³/mol. The summed E-state index contributed by atoms with van der Waals surface area (Å²) in [5, 5.41) is 11.2. The van der Waals surface area contributed by atoms with Gasteiger partial charge in [0.05, 0.1) is 46.5 Å². The van der Waals surface area contributed by atoms with E-state index in [0.717, 1.165) is 0 Å². The van der Waals surface area contributed by atoms with E-state index in [4.69, 9.17) is 21.1 Å². The minimum atomic E-state index is -0.724. The summed E-state index contributed by atoms with van der Waals surface area (Å²) in [6.45, 7) is 5.07. The van der Waals surface area contributed by atoms with Gasteiger partial charge in [0.1, 0.15) is 0 Å². The van der Waals surface area contributed by atoms with Crippen molar-refractivity contribution in [2.24, 2.45) is 0 Å². The number of halogens is 1. The Kier molecular flexibility index (Phi) is 7.06. The number of carbonyl (C=O) groups is 2. The summed E-state index contributed by atoms with van der Waals surface area (Å²) in [7, 11) is 0. The molecule has 148 valence electrons. The van der Waals surface area contributed by atoms with Crippen molar-refractivity contribution in [3.63, 3.8) is 0 Å². The highest BCUT2D eigenvalue weighted by atomic mass is 35.5. The first-order valence-corrected chi connectivity index (χ1v) is 9.07. The Labute approximate surface area is 166 Å². The lowest BCUT2D eigenvalue weighted by Crippen LogP contribution is -2.18. The third-order valence-electron chi connectivity index (χ3n) is 3.88. The molecule has 0 aliphatic rings. The summed E-state index contributed by atoms with van der Waals surface area (Å²) in [6, 6.07) is 5.62. The minimum Gasteiger partial charge on any atom is -0.462 e. The summed E-state index contributed by atoms with van der Waals surface area (Å²) >= 11 is 5.99. The number of esters is 2. The van der Waals surface area contributed by atoms with E-state index in [1.165, 1.54) is 18.2 Å². The molecule has 2 aromatic rings. The first kappa shape index (κ1) is 21.3. The van der Waals surface area contributed by atoms with Crippen molar-refractivity contribution in [1.29, 1.82) is 0 Å². The second-order valence-corrected chi connectivity index (χ2v) is 5.92. The van der Waals surface area contributed by atoms with Gasteiger partial charge in [-0.25, -0.2) is 9.59 Å². The van der Waals surface area contributed by atoms with Crippen molar-refractivity contribution in [3.8, 4) is 11.1 Å². The second-order valence-electron chi connectivity index (χ2n) is 5.65. The van der Waals surface area contributed by atoms with Crippen LogP contribution in [-0.2, 0) is 15.4 Å². The highest BCUT2D eigenvalue weighted by molar-refractivity contribution is 6.18. The lowest BCUT2D eigenvalue weighted by atomic mass is 9.92. The number of ether oxygens (including phenoxy) is 2. The number of rotatable bonds is 7. The molecule has 0 fully saturated rings. The van der Waals surface area contributed by atoms with Crippen LogP contribution in [0, 0.1) is 17.0 Å². The van der Waals surface area contributed by atoms with Gasteiger partial charge in [0, 0.05) is 17.7 Å². The first-order valence-electron chi connectivity index (χ1n) is 8.54. The molecule has 0 saturated carbocycles. The van der Waals surface area contributed by atoms with Crippen LogP contribution in [0.25, 0.3) is 11.1 Å². The van der Waals surface area contributed by atoms with Gasteiger partial charge in [-0.2, -0.15) is 0 Å². The van der Waals surface area contributed by atoms with Crippen LogP contribution in [0.15, 0.2) is 24.3 Å². The number of non-ortho nitro benzene ring substituents is 1. The lowest BCUT2D eigenvalue weighted by molar-refractivity contribution is -0.384. The van der Waals surface area contributed by atoms with E-state index in [2.05, 4.69) is 4.98 Å². The molecule has 1 aromatic heterocycles. The Hall–Kier alpha value is -3.00. The van der Waals surface area contributed by atoms with Crippen LogP contribution in [0.5, 0.6) is 0 Å². The van der Waals surface area contributed by atoms with Gasteiger partial charge in [0.2, 0.25) is 0 Å². The molecule has 0 amide bonds. The average Bonchev–Trinajstić information content (AvgIpc) is 2.67. The molecule has 1 aromatic carbocycles. The Morgan fingerprint density at radius 3 is 2.29 bits per heavy atom. The molecule has 0 bridgehead atoms. The van der Waals surface area contributed by atoms with Crippen LogP contribution in [0.2, 0.25) is 0 Å². The fraction of sp³-hybridized carbons (Fsp3) is 0.316. The van der Waals surface area contributed by atoms with E-state index in [1.807, 2.05) is 0 Å². The smallest absolute Gasteiger partial charge is 0.340 e. The SMILES string of the molecule is CCOC(=O)c1c(C)nc(CCl)c(C(=O)OCC)c1-c1cccc([N+](=O)[O-])c1. The zero-order chi connectivity index (χ0) is 20.8. The van der Waals surface area contributed by atoms with Gasteiger partial charge in [-0.15, -0.1) is 11.6 Å². The molecule has 0 N–H and O–H groups in total. The molecule has 0 unspecified atom stereocenters. The van der Waals surface area contributed by atoms with Gasteiger partial charge >= 0.3 is 11.9 Å². The number of aryl methyl sites for hydroxylation is 1. The highest BCUT2D eigenvalue weighted by Crippen LogP contribution is 2.34. The number of benzene rings is 1. The number of nitrogens with zero attached hydrogens (tertiary/aromatic N) is 2. The Morgan fingerprint density at radius 2 is 1.75 bits per heavy atom. The van der Waals surface area contributed by atoms with Gasteiger partial charge in [0.15, 0.2) is 0 Å². The van der Waals surface area contributed by atoms with E-state index < -0.39 is 16.9 Å². The molecule has 28 heavy (non-hydrogen) atoms. The van der Waals surface area contributed by atoms with Crippen LogP contribution in [0.3, 0.4) is 0 Å². The standard InChI is InChI=1S/C19H19ClN2O6/c1-4-27-18(23)15-11(3)21-14(10-20)17(19(24)28-5-2)16(15)12-7-6-8-13(9-12)22(25)26/h6-9H,4-5,10H2,1-3H3. The average molecular weight is 407 g/mol. The molecule has 0 aliphatic heterocycles. The Bertz CT molecular complexity index is 929. The van der Waals surface area contributed by atoms with Gasteiger partial charge in [0.25, 0.3) is 5.69 Å². The molecular formula is C19H19ClN2O6. The molecule has 0 spiro atoms. The number of nitro groups is 1. The predicted octanol–water partition coefficient (Wildman–Crippen LogP) is 4.06. The number of hydrogen-bond acceptors (Lipinski definition) is 7. The molecular weight excluding hydrogens is 388 g/mol. The topological polar surface area (TPSA) is 109 Å². The first-order chi connectivity index (χ1) is 13.3. The van der Waals surface area contributed by atoms with Crippen LogP contribution < -0.4 is 0 Å². The Balaban J connectivity index is 2.93. The van der Waals surface area contributed by atoms with Crippen molar-refractivity contribution in [2.75, 3.05) is 13.2 Å². The van der Waals surface area contributed by atoms with Crippen molar-refractivity contribution >= 4 is 29.2 Å². The summed E-state index contributed by atoms with van der Waals surface area (Å²) in [6.07, 6.45) is 0. The van der Waals surface area contributed by atoms with E-state index in [-0.39, 0.29) is 52.7 Å². The quantitative estimate of drug-likeness (QED) is 0.295. The maximum Gasteiger partial charge on any atom is 0.340 e. The van der Waals surface area contributed by atoms with Crippen molar-refractivity contribution in [2.45, 2.75) is 26.7 Å². The highest BCUT2D eigenvalue weighted by Gasteiger charge is 2.29. The van der Waals surface area contributed by atoms with Gasteiger partial charge in [-0.1, -0.05) is 12.1 Å². The maximum atomic E-state index is 12.7. The van der Waals surface area contributed by atoms with E-state index >= 15 is 0 Å². The van der Waals surface area contributed by atoms with E-state index in [9.17, 15) is 19.7 Å². The van der Waals surface area contributed by atoms with Gasteiger partial charge in [-0.3, -0.25) is 15.1 Å². The number of pyridine rings is 1. The number of alkyl halides is 1. The fourth-order valence-corrected chi connectivity index (χ4v) is 2.99. The molecule has 8 nitrogen and oxygen atoms in total. The monoisotopic (exact) mass is 406 g/mol. The van der Waals surface area contributed by atoms with Crippen LogP contribution in [0.4, 0.5) is 5.69 Å². The van der Waals surface area contributed by atoms with Crippen molar-refractivity contribution in [1.82, 2.24) is 4.98 Å². The fourth-order valence-electron chi connectivity index (χ4n) is 2.80. The van der Waals surface area contributed by atoms with Gasteiger partial charge < -0.3 is 9.47 Å². The zero-order valence-electron chi connectivity index (χ0n) is 15.7. The summed E-state index contributed by atoms with van der Waals surface area (Å²) < 4.78 is 10.2. The molecule has 2 rings (SSSR count). The number of hydrogen-bond donors (Lipinski definition) is 0. The van der Waals surface area contributed by atoms with E-state index in [1.54, 1.807) is 26.8 Å². The number of carbonyl (C=O) groups excluding carboxylic acids is 2. The summed E-state index contributed by atoms with van der Waals surface area (Å²) in [5.41, 5.74) is 0.797. The third kappa shape index (κ3) is 4.28. The number of aromatic nitrogens is 1. The van der Waals surface area contributed by atoms with Crippen LogP contribution in [0.1, 0.15) is 46.0 Å². The van der Waals surface area contributed by atoms with Crippen molar-refractivity contribution < 1.29 is 24.0 Å². The maximum absolute atomic E-state index is 12.7. The largest absolute Gasteiger partial charge is 0.462 e.